The van der Waals surface area contributed by atoms with E-state index in [-0.39, 0.29) is 5.91 Å². The van der Waals surface area contributed by atoms with E-state index in [1.165, 1.54) is 10.5 Å². The highest BCUT2D eigenvalue weighted by Crippen LogP contribution is 2.31. The summed E-state index contributed by atoms with van der Waals surface area (Å²) in [6.07, 6.45) is 0.984. The summed E-state index contributed by atoms with van der Waals surface area (Å²) in [7, 11) is 1.95. The molecule has 0 spiro atoms. The predicted octanol–water partition coefficient (Wildman–Crippen LogP) is 1.08. The van der Waals surface area contributed by atoms with Crippen LogP contribution in [-0.2, 0) is 11.2 Å². The maximum atomic E-state index is 11.3. The van der Waals surface area contributed by atoms with Gasteiger partial charge in [0.2, 0.25) is 5.91 Å². The first-order chi connectivity index (χ1) is 8.79. The number of benzene rings is 1. The Hall–Kier alpha value is -1.04. The second-order valence-corrected chi connectivity index (χ2v) is 5.29. The number of amides is 1. The smallest absolute Gasteiger partial charge is 0.234 e. The molecule has 4 nitrogen and oxygen atoms in total. The number of carbonyl (C=O) groups is 1. The fourth-order valence-corrected chi connectivity index (χ4v) is 2.65. The normalized spacial score (nSPS) is 14.2. The Balaban J connectivity index is 1.86. The van der Waals surface area contributed by atoms with Crippen LogP contribution in [0.5, 0.6) is 0 Å². The van der Waals surface area contributed by atoms with Crippen LogP contribution < -0.4 is 16.0 Å². The van der Waals surface area contributed by atoms with Crippen molar-refractivity contribution in [3.8, 4) is 0 Å². The van der Waals surface area contributed by atoms with Gasteiger partial charge in [-0.15, -0.1) is 11.8 Å². The lowest BCUT2D eigenvalue weighted by Crippen LogP contribution is -2.26. The molecule has 0 saturated carbocycles. The van der Waals surface area contributed by atoms with Crippen LogP contribution in [0.15, 0.2) is 23.1 Å². The van der Waals surface area contributed by atoms with Gasteiger partial charge in [0, 0.05) is 18.0 Å². The second kappa shape index (κ2) is 6.78. The van der Waals surface area contributed by atoms with Gasteiger partial charge in [0.1, 0.15) is 0 Å². The van der Waals surface area contributed by atoms with Crippen LogP contribution >= 0.6 is 11.8 Å². The summed E-state index contributed by atoms with van der Waals surface area (Å²) in [5, 5.41) is 9.39. The van der Waals surface area contributed by atoms with Crippen molar-refractivity contribution in [1.29, 1.82) is 0 Å². The second-order valence-electron chi connectivity index (χ2n) is 4.27. The van der Waals surface area contributed by atoms with Gasteiger partial charge in [-0.3, -0.25) is 4.79 Å². The summed E-state index contributed by atoms with van der Waals surface area (Å²) in [5.41, 5.74) is 2.22. The number of thioether (sulfide) groups is 1. The number of carbonyl (C=O) groups excluding carboxylic acids is 1. The number of anilines is 1. The zero-order chi connectivity index (χ0) is 12.8. The molecule has 0 bridgehead atoms. The van der Waals surface area contributed by atoms with Crippen LogP contribution in [0.3, 0.4) is 0 Å². The Morgan fingerprint density at radius 1 is 1.33 bits per heavy atom. The van der Waals surface area contributed by atoms with Crippen LogP contribution in [0.1, 0.15) is 5.56 Å². The molecule has 0 atom stereocenters. The first-order valence-corrected chi connectivity index (χ1v) is 7.19. The molecule has 98 valence electrons. The van der Waals surface area contributed by atoms with Gasteiger partial charge >= 0.3 is 0 Å². The van der Waals surface area contributed by atoms with Crippen LogP contribution in [0.2, 0.25) is 0 Å². The Labute approximate surface area is 112 Å². The third-order valence-corrected chi connectivity index (χ3v) is 3.89. The molecule has 0 radical (unpaired) electrons. The fourth-order valence-electron chi connectivity index (χ4n) is 1.86. The highest BCUT2D eigenvalue weighted by Gasteiger charge is 2.14. The van der Waals surface area contributed by atoms with Crippen molar-refractivity contribution in [3.05, 3.63) is 23.8 Å². The number of hydrogen-bond acceptors (Lipinski definition) is 4. The zero-order valence-electron chi connectivity index (χ0n) is 10.6. The zero-order valence-corrected chi connectivity index (χ0v) is 11.4. The molecule has 1 aromatic carbocycles. The molecule has 1 heterocycles. The lowest BCUT2D eigenvalue weighted by Gasteiger charge is -2.17. The summed E-state index contributed by atoms with van der Waals surface area (Å²) in [4.78, 5) is 12.5. The van der Waals surface area contributed by atoms with E-state index >= 15 is 0 Å². The lowest BCUT2D eigenvalue weighted by molar-refractivity contribution is -0.113. The van der Waals surface area contributed by atoms with E-state index in [2.05, 4.69) is 34.1 Å². The van der Waals surface area contributed by atoms with Crippen LogP contribution in [-0.4, -0.2) is 38.3 Å². The van der Waals surface area contributed by atoms with Crippen LogP contribution in [0.4, 0.5) is 5.69 Å². The van der Waals surface area contributed by atoms with E-state index < -0.39 is 0 Å². The molecule has 5 heteroatoms. The van der Waals surface area contributed by atoms with Gasteiger partial charge in [0.05, 0.1) is 11.4 Å². The van der Waals surface area contributed by atoms with Crippen molar-refractivity contribution in [1.82, 2.24) is 10.6 Å². The Kier molecular flexibility index (Phi) is 5.04. The molecule has 3 N–H and O–H groups in total. The molecule has 2 rings (SSSR count). The predicted molar refractivity (Wildman–Crippen MR) is 76.3 cm³/mol. The third kappa shape index (κ3) is 3.73. The summed E-state index contributed by atoms with van der Waals surface area (Å²) < 4.78 is 0. The molecule has 0 unspecified atom stereocenters. The number of likely N-dealkylation sites (N-methyl/N-ethyl adjacent to an activating group) is 1. The number of nitrogens with one attached hydrogen (secondary N) is 3. The molecule has 1 aromatic rings. The van der Waals surface area contributed by atoms with Gasteiger partial charge in [-0.25, -0.2) is 0 Å². The van der Waals surface area contributed by atoms with Gasteiger partial charge in [0.15, 0.2) is 0 Å². The maximum Gasteiger partial charge on any atom is 0.234 e. The van der Waals surface area contributed by atoms with Crippen LogP contribution in [0.25, 0.3) is 0 Å². The van der Waals surface area contributed by atoms with Gasteiger partial charge in [-0.1, -0.05) is 6.07 Å². The van der Waals surface area contributed by atoms with Crippen molar-refractivity contribution < 1.29 is 4.79 Å². The van der Waals surface area contributed by atoms with Crippen molar-refractivity contribution in [2.75, 3.05) is 37.8 Å². The number of hydrogen-bond donors (Lipinski definition) is 3. The largest absolute Gasteiger partial charge is 0.324 e. The molecule has 1 amide bonds. The number of fused-ring (bicyclic) bond motifs is 1. The lowest BCUT2D eigenvalue weighted by atomic mass is 10.1. The van der Waals surface area contributed by atoms with Gasteiger partial charge < -0.3 is 16.0 Å². The molecule has 1 aliphatic rings. The van der Waals surface area contributed by atoms with Crippen LogP contribution in [0, 0.1) is 0 Å². The van der Waals surface area contributed by atoms with Crippen molar-refractivity contribution in [2.24, 2.45) is 0 Å². The molecule has 0 fully saturated rings. The number of rotatable bonds is 6. The van der Waals surface area contributed by atoms with E-state index in [0.29, 0.717) is 5.75 Å². The summed E-state index contributed by atoms with van der Waals surface area (Å²) >= 11 is 1.60. The first-order valence-electron chi connectivity index (χ1n) is 6.20. The van der Waals surface area contributed by atoms with Crippen molar-refractivity contribution in [2.45, 2.75) is 11.3 Å². The molecular weight excluding hydrogens is 246 g/mol. The summed E-state index contributed by atoms with van der Waals surface area (Å²) in [5.74, 6) is 0.620. The van der Waals surface area contributed by atoms with Gasteiger partial charge in [-0.2, -0.15) is 0 Å². The van der Waals surface area contributed by atoms with E-state index in [4.69, 9.17) is 0 Å². The Bertz CT molecular complexity index is 423. The molecule has 1 aliphatic heterocycles. The Morgan fingerprint density at radius 3 is 3.06 bits per heavy atom. The highest BCUT2D eigenvalue weighted by atomic mass is 32.2. The maximum absolute atomic E-state index is 11.3. The SMILES string of the molecule is CNCCNCCc1ccc2c(c1)NC(=O)CS2. The van der Waals surface area contributed by atoms with E-state index in [1.807, 2.05) is 7.05 Å². The average Bonchev–Trinajstić information content (AvgIpc) is 2.38. The quantitative estimate of drug-likeness (QED) is 0.674. The molecule has 18 heavy (non-hydrogen) atoms. The van der Waals surface area contributed by atoms with E-state index in [0.717, 1.165) is 31.7 Å². The Morgan fingerprint density at radius 2 is 2.22 bits per heavy atom. The van der Waals surface area contributed by atoms with Gasteiger partial charge in [0.25, 0.3) is 0 Å². The first kappa shape index (κ1) is 13.4. The fraction of sp³-hybridized carbons (Fsp3) is 0.462. The minimum Gasteiger partial charge on any atom is -0.324 e. The van der Waals surface area contributed by atoms with Crippen molar-refractivity contribution in [3.63, 3.8) is 0 Å². The standard InChI is InChI=1S/C13H19N3OS/c1-14-6-7-15-5-4-10-2-3-12-11(8-10)16-13(17)9-18-12/h2-3,8,14-15H,4-7,9H2,1H3,(H,16,17). The topological polar surface area (TPSA) is 53.2 Å². The van der Waals surface area contributed by atoms with Crippen molar-refractivity contribution >= 4 is 23.4 Å². The third-order valence-electron chi connectivity index (χ3n) is 2.82. The molecular formula is C13H19N3OS. The average molecular weight is 265 g/mol. The minimum absolute atomic E-state index is 0.0943. The minimum atomic E-state index is 0.0943. The van der Waals surface area contributed by atoms with E-state index in [9.17, 15) is 4.79 Å². The summed E-state index contributed by atoms with van der Waals surface area (Å²) in [6.45, 7) is 2.92. The monoisotopic (exact) mass is 265 g/mol. The van der Waals surface area contributed by atoms with Gasteiger partial charge in [-0.05, 0) is 37.7 Å². The molecule has 0 aliphatic carbocycles. The molecule has 0 aromatic heterocycles. The van der Waals surface area contributed by atoms with E-state index in [1.54, 1.807) is 11.8 Å². The summed E-state index contributed by atoms with van der Waals surface area (Å²) in [6, 6.07) is 6.32. The highest BCUT2D eigenvalue weighted by molar-refractivity contribution is 8.00. The molecule has 0 saturated heterocycles.